The Morgan fingerprint density at radius 1 is 1.06 bits per heavy atom. The molecular formula is C13H13Br2N3. The minimum Gasteiger partial charge on any atom is -0.340 e. The Balaban J connectivity index is 2.26. The fraction of sp³-hybridized carbons (Fsp3) is 0.231. The molecule has 18 heavy (non-hydrogen) atoms. The molecule has 1 aromatic heterocycles. The van der Waals surface area contributed by atoms with Crippen molar-refractivity contribution in [3.63, 3.8) is 0 Å². The van der Waals surface area contributed by atoms with E-state index in [1.165, 1.54) is 0 Å². The van der Waals surface area contributed by atoms with Crippen LogP contribution >= 0.6 is 31.9 Å². The van der Waals surface area contributed by atoms with Crippen molar-refractivity contribution in [2.24, 2.45) is 0 Å². The summed E-state index contributed by atoms with van der Waals surface area (Å²) in [5.41, 5.74) is 0.999. The van der Waals surface area contributed by atoms with Crippen LogP contribution in [0, 0.1) is 0 Å². The highest BCUT2D eigenvalue weighted by atomic mass is 79.9. The van der Waals surface area contributed by atoms with Gasteiger partial charge >= 0.3 is 0 Å². The van der Waals surface area contributed by atoms with Gasteiger partial charge in [0, 0.05) is 22.1 Å². The zero-order chi connectivity index (χ0) is 13.1. The predicted octanol–water partition coefficient (Wildman–Crippen LogP) is 4.87. The van der Waals surface area contributed by atoms with Gasteiger partial charge in [-0.2, -0.15) is 0 Å². The molecular weight excluding hydrogens is 358 g/mol. The van der Waals surface area contributed by atoms with Crippen molar-refractivity contribution in [2.75, 3.05) is 5.32 Å². The third kappa shape index (κ3) is 3.53. The van der Waals surface area contributed by atoms with Crippen LogP contribution in [0.5, 0.6) is 0 Å². The van der Waals surface area contributed by atoms with E-state index in [0.717, 1.165) is 26.4 Å². The first-order chi connectivity index (χ1) is 8.54. The van der Waals surface area contributed by atoms with E-state index >= 15 is 0 Å². The highest BCUT2D eigenvalue weighted by Crippen LogP contribution is 2.22. The van der Waals surface area contributed by atoms with Crippen molar-refractivity contribution in [2.45, 2.75) is 19.8 Å². The molecule has 2 aromatic rings. The normalized spacial score (nSPS) is 10.7. The molecule has 1 heterocycles. The second-order valence-corrected chi connectivity index (χ2v) is 5.95. The summed E-state index contributed by atoms with van der Waals surface area (Å²) in [4.78, 5) is 8.83. The third-order valence-electron chi connectivity index (χ3n) is 2.35. The first kappa shape index (κ1) is 13.5. The Bertz CT molecular complexity index is 538. The molecule has 1 N–H and O–H groups in total. The average molecular weight is 371 g/mol. The van der Waals surface area contributed by atoms with E-state index in [2.05, 4.69) is 61.0 Å². The molecule has 0 atom stereocenters. The van der Waals surface area contributed by atoms with Gasteiger partial charge in [0.2, 0.25) is 0 Å². The molecule has 0 radical (unpaired) electrons. The molecule has 3 nitrogen and oxygen atoms in total. The standard InChI is InChI=1S/C13H13Br2N3/c1-8(2)13-17-11(15)7-12(18-13)16-10-5-3-9(14)4-6-10/h3-8H,1-2H3,(H,16,17,18). The van der Waals surface area contributed by atoms with Gasteiger partial charge in [-0.3, -0.25) is 0 Å². The van der Waals surface area contributed by atoms with Crippen molar-refractivity contribution in [1.29, 1.82) is 0 Å². The van der Waals surface area contributed by atoms with Crippen molar-refractivity contribution in [1.82, 2.24) is 9.97 Å². The quantitative estimate of drug-likeness (QED) is 0.783. The molecule has 2 rings (SSSR count). The number of halogens is 2. The van der Waals surface area contributed by atoms with Gasteiger partial charge in [0.1, 0.15) is 16.2 Å². The molecule has 0 aliphatic heterocycles. The largest absolute Gasteiger partial charge is 0.340 e. The summed E-state index contributed by atoms with van der Waals surface area (Å²) in [6.45, 7) is 4.15. The van der Waals surface area contributed by atoms with E-state index in [9.17, 15) is 0 Å². The molecule has 0 aliphatic carbocycles. The van der Waals surface area contributed by atoms with Gasteiger partial charge in [-0.1, -0.05) is 29.8 Å². The van der Waals surface area contributed by atoms with Crippen LogP contribution in [0.15, 0.2) is 39.4 Å². The summed E-state index contributed by atoms with van der Waals surface area (Å²) in [5.74, 6) is 1.92. The summed E-state index contributed by atoms with van der Waals surface area (Å²) in [6, 6.07) is 9.84. The molecule has 0 spiro atoms. The number of rotatable bonds is 3. The Kier molecular flexibility index (Phi) is 4.35. The molecule has 0 amide bonds. The number of hydrogen-bond acceptors (Lipinski definition) is 3. The summed E-state index contributed by atoms with van der Waals surface area (Å²) in [6.07, 6.45) is 0. The number of anilines is 2. The maximum Gasteiger partial charge on any atom is 0.135 e. The summed E-state index contributed by atoms with van der Waals surface area (Å²) >= 11 is 6.82. The monoisotopic (exact) mass is 369 g/mol. The van der Waals surface area contributed by atoms with Gasteiger partial charge in [0.15, 0.2) is 0 Å². The van der Waals surface area contributed by atoms with Crippen molar-refractivity contribution < 1.29 is 0 Å². The molecule has 5 heteroatoms. The molecule has 1 aromatic carbocycles. The van der Waals surface area contributed by atoms with Gasteiger partial charge in [-0.15, -0.1) is 0 Å². The molecule has 0 bridgehead atoms. The Morgan fingerprint density at radius 2 is 1.72 bits per heavy atom. The van der Waals surface area contributed by atoms with Crippen LogP contribution in [0.1, 0.15) is 25.6 Å². The minimum atomic E-state index is 0.299. The second-order valence-electron chi connectivity index (χ2n) is 4.22. The van der Waals surface area contributed by atoms with Crippen molar-refractivity contribution in [3.05, 3.63) is 45.2 Å². The van der Waals surface area contributed by atoms with Crippen LogP contribution in [-0.2, 0) is 0 Å². The third-order valence-corrected chi connectivity index (χ3v) is 3.28. The van der Waals surface area contributed by atoms with Crippen LogP contribution < -0.4 is 5.32 Å². The first-order valence-corrected chi connectivity index (χ1v) is 7.20. The van der Waals surface area contributed by atoms with Crippen molar-refractivity contribution >= 4 is 43.4 Å². The van der Waals surface area contributed by atoms with Crippen LogP contribution in [0.2, 0.25) is 0 Å². The van der Waals surface area contributed by atoms with Crippen molar-refractivity contribution in [3.8, 4) is 0 Å². The zero-order valence-corrected chi connectivity index (χ0v) is 13.3. The Morgan fingerprint density at radius 3 is 2.33 bits per heavy atom. The Labute approximate surface area is 123 Å². The molecule has 0 saturated heterocycles. The van der Waals surface area contributed by atoms with Crippen LogP contribution in [-0.4, -0.2) is 9.97 Å². The van der Waals surface area contributed by atoms with E-state index in [1.54, 1.807) is 0 Å². The number of nitrogens with zero attached hydrogens (tertiary/aromatic N) is 2. The average Bonchev–Trinajstić information content (AvgIpc) is 2.31. The fourth-order valence-corrected chi connectivity index (χ4v) is 2.10. The molecule has 0 unspecified atom stereocenters. The van der Waals surface area contributed by atoms with Crippen LogP contribution in [0.4, 0.5) is 11.5 Å². The highest BCUT2D eigenvalue weighted by Gasteiger charge is 2.06. The van der Waals surface area contributed by atoms with E-state index < -0.39 is 0 Å². The predicted molar refractivity (Wildman–Crippen MR) is 81.2 cm³/mol. The van der Waals surface area contributed by atoms with Gasteiger partial charge in [-0.05, 0) is 40.2 Å². The van der Waals surface area contributed by atoms with Crippen LogP contribution in [0.25, 0.3) is 0 Å². The van der Waals surface area contributed by atoms with E-state index in [-0.39, 0.29) is 0 Å². The number of aromatic nitrogens is 2. The summed E-state index contributed by atoms with van der Waals surface area (Å²) in [7, 11) is 0. The van der Waals surface area contributed by atoms with Gasteiger partial charge in [-0.25, -0.2) is 9.97 Å². The maximum atomic E-state index is 4.49. The number of benzene rings is 1. The Hall–Kier alpha value is -0.940. The van der Waals surface area contributed by atoms with Crippen LogP contribution in [0.3, 0.4) is 0 Å². The lowest BCUT2D eigenvalue weighted by Crippen LogP contribution is -2.02. The van der Waals surface area contributed by atoms with Gasteiger partial charge in [0.05, 0.1) is 0 Å². The number of nitrogens with one attached hydrogen (secondary N) is 1. The lowest BCUT2D eigenvalue weighted by Gasteiger charge is -2.09. The second kappa shape index (κ2) is 5.80. The molecule has 94 valence electrons. The fourth-order valence-electron chi connectivity index (χ4n) is 1.44. The lowest BCUT2D eigenvalue weighted by atomic mass is 10.2. The topological polar surface area (TPSA) is 37.8 Å². The SMILES string of the molecule is CC(C)c1nc(Br)cc(Nc2ccc(Br)cc2)n1. The maximum absolute atomic E-state index is 4.49. The van der Waals surface area contributed by atoms with E-state index in [0.29, 0.717) is 5.92 Å². The smallest absolute Gasteiger partial charge is 0.135 e. The summed E-state index contributed by atoms with van der Waals surface area (Å²) < 4.78 is 1.85. The molecule has 0 saturated carbocycles. The van der Waals surface area contributed by atoms with Gasteiger partial charge < -0.3 is 5.32 Å². The van der Waals surface area contributed by atoms with E-state index in [4.69, 9.17) is 0 Å². The minimum absolute atomic E-state index is 0.299. The lowest BCUT2D eigenvalue weighted by molar-refractivity contribution is 0.771. The van der Waals surface area contributed by atoms with E-state index in [1.807, 2.05) is 30.3 Å². The molecule has 0 aliphatic rings. The van der Waals surface area contributed by atoms with Gasteiger partial charge in [0.25, 0.3) is 0 Å². The molecule has 0 fully saturated rings. The highest BCUT2D eigenvalue weighted by molar-refractivity contribution is 9.10. The number of hydrogen-bond donors (Lipinski definition) is 1. The first-order valence-electron chi connectivity index (χ1n) is 5.61. The summed E-state index contributed by atoms with van der Waals surface area (Å²) in [5, 5.41) is 3.27. The zero-order valence-electron chi connectivity index (χ0n) is 10.1.